The zero-order chi connectivity index (χ0) is 22.9. The summed E-state index contributed by atoms with van der Waals surface area (Å²) in [5, 5.41) is 20.4. The lowest BCUT2D eigenvalue weighted by Gasteiger charge is -2.39. The summed E-state index contributed by atoms with van der Waals surface area (Å²) in [5.41, 5.74) is 9.51. The van der Waals surface area contributed by atoms with Crippen LogP contribution in [0.2, 0.25) is 0 Å². The van der Waals surface area contributed by atoms with Gasteiger partial charge in [-0.1, -0.05) is 29.8 Å². The van der Waals surface area contributed by atoms with E-state index in [4.69, 9.17) is 20.3 Å². The molecular weight excluding hydrogens is 404 g/mol. The van der Waals surface area contributed by atoms with Gasteiger partial charge in [-0.25, -0.2) is 14.9 Å². The number of nitrogens with zero attached hydrogens (tertiary/aromatic N) is 3. The van der Waals surface area contributed by atoms with Crippen LogP contribution < -0.4 is 10.5 Å². The van der Waals surface area contributed by atoms with Gasteiger partial charge in [-0.3, -0.25) is 0 Å². The molecule has 7 heteroatoms. The van der Waals surface area contributed by atoms with Crippen LogP contribution in [0.1, 0.15) is 37.8 Å². The fourth-order valence-corrected chi connectivity index (χ4v) is 4.41. The first kappa shape index (κ1) is 21.9. The maximum Gasteiger partial charge on any atom is 0.221 e. The molecule has 3 N–H and O–H groups in total. The molecule has 0 fully saturated rings. The molecule has 7 nitrogen and oxygen atoms in total. The number of hydrogen-bond donors (Lipinski definition) is 2. The predicted octanol–water partition coefficient (Wildman–Crippen LogP) is 3.69. The largest absolute Gasteiger partial charge is 0.489 e. The minimum atomic E-state index is -1.01. The zero-order valence-electron chi connectivity index (χ0n) is 18.6. The summed E-state index contributed by atoms with van der Waals surface area (Å²) >= 11 is 0. The van der Waals surface area contributed by atoms with Gasteiger partial charge in [0.05, 0.1) is 17.2 Å². The number of aliphatic imine (C=N–C) groups is 1. The van der Waals surface area contributed by atoms with E-state index in [0.717, 1.165) is 22.3 Å². The van der Waals surface area contributed by atoms with Gasteiger partial charge >= 0.3 is 0 Å². The molecule has 2 aromatic rings. The number of nitrogens with two attached hydrogens (primary N) is 1. The summed E-state index contributed by atoms with van der Waals surface area (Å²) in [6.07, 6.45) is 2.93. The Labute approximate surface area is 188 Å². The lowest BCUT2D eigenvalue weighted by Crippen LogP contribution is -2.42. The molecule has 2 heterocycles. The number of hydroxylamine groups is 2. The summed E-state index contributed by atoms with van der Waals surface area (Å²) in [7, 11) is 1.74. The SMILES string of the molecule is CC(C)=CC(CCO)C1CC2(N=C(N)N(C)O2)c2cc(-c3cccc(C#N)c3)ccc2O1. The van der Waals surface area contributed by atoms with Crippen LogP contribution in [-0.4, -0.2) is 35.9 Å². The standard InChI is InChI=1S/C25H28N4O3/c1-16(2)11-20(9-10-30)23-14-25(28-24(27)29(3)32-25)21-13-19(7-8-22(21)31-23)18-6-4-5-17(12-18)15-26/h4-8,11-13,20,23,30H,9-10,14H2,1-3H3,(H2,27,28). The van der Waals surface area contributed by atoms with Crippen molar-refractivity contribution in [3.05, 3.63) is 65.2 Å². The van der Waals surface area contributed by atoms with E-state index >= 15 is 0 Å². The molecule has 4 rings (SSSR count). The van der Waals surface area contributed by atoms with Crippen molar-refractivity contribution in [2.75, 3.05) is 13.7 Å². The number of aliphatic hydroxyl groups is 1. The summed E-state index contributed by atoms with van der Waals surface area (Å²) < 4.78 is 6.42. The Bertz CT molecular complexity index is 1120. The molecule has 1 spiro atoms. The van der Waals surface area contributed by atoms with Crippen LogP contribution in [0.5, 0.6) is 5.75 Å². The monoisotopic (exact) mass is 432 g/mol. The van der Waals surface area contributed by atoms with E-state index in [1.807, 2.05) is 50.2 Å². The highest BCUT2D eigenvalue weighted by Crippen LogP contribution is 2.48. The molecule has 0 amide bonds. The number of benzene rings is 2. The fourth-order valence-electron chi connectivity index (χ4n) is 4.41. The van der Waals surface area contributed by atoms with E-state index in [0.29, 0.717) is 30.1 Å². The van der Waals surface area contributed by atoms with E-state index in [1.165, 1.54) is 5.06 Å². The lowest BCUT2D eigenvalue weighted by atomic mass is 9.84. The smallest absolute Gasteiger partial charge is 0.221 e. The first-order valence-corrected chi connectivity index (χ1v) is 10.7. The number of rotatable bonds is 5. The third-order valence-corrected chi connectivity index (χ3v) is 5.87. The molecule has 32 heavy (non-hydrogen) atoms. The molecular formula is C25H28N4O3. The highest BCUT2D eigenvalue weighted by atomic mass is 16.7. The molecule has 3 atom stereocenters. The first-order valence-electron chi connectivity index (χ1n) is 10.7. The van der Waals surface area contributed by atoms with Crippen LogP contribution in [0.15, 0.2) is 59.1 Å². The van der Waals surface area contributed by atoms with E-state index in [2.05, 4.69) is 12.1 Å². The van der Waals surface area contributed by atoms with Gasteiger partial charge in [0.1, 0.15) is 11.9 Å². The lowest BCUT2D eigenvalue weighted by molar-refractivity contribution is -0.193. The van der Waals surface area contributed by atoms with Gasteiger partial charge in [-0.15, -0.1) is 0 Å². The number of nitriles is 1. The second-order valence-corrected chi connectivity index (χ2v) is 8.53. The maximum atomic E-state index is 9.63. The van der Waals surface area contributed by atoms with Gasteiger partial charge < -0.3 is 15.6 Å². The Morgan fingerprint density at radius 3 is 2.78 bits per heavy atom. The molecule has 0 aromatic heterocycles. The van der Waals surface area contributed by atoms with Crippen molar-refractivity contribution >= 4 is 5.96 Å². The maximum absolute atomic E-state index is 9.63. The molecule has 0 saturated carbocycles. The van der Waals surface area contributed by atoms with E-state index in [1.54, 1.807) is 13.1 Å². The average Bonchev–Trinajstić information content (AvgIpc) is 3.06. The van der Waals surface area contributed by atoms with Crippen molar-refractivity contribution in [1.82, 2.24) is 5.06 Å². The van der Waals surface area contributed by atoms with Gasteiger partial charge in [0.15, 0.2) is 0 Å². The van der Waals surface area contributed by atoms with Gasteiger partial charge in [-0.2, -0.15) is 5.26 Å². The molecule has 3 unspecified atom stereocenters. The summed E-state index contributed by atoms with van der Waals surface area (Å²) in [6.45, 7) is 4.14. The van der Waals surface area contributed by atoms with Crippen LogP contribution in [0.25, 0.3) is 11.1 Å². The molecule has 2 aliphatic rings. The summed E-state index contributed by atoms with van der Waals surface area (Å²) in [4.78, 5) is 10.9. The van der Waals surface area contributed by atoms with E-state index in [9.17, 15) is 10.4 Å². The molecule has 0 radical (unpaired) electrons. The van der Waals surface area contributed by atoms with Crippen molar-refractivity contribution in [1.29, 1.82) is 5.26 Å². The van der Waals surface area contributed by atoms with Crippen molar-refractivity contribution in [3.63, 3.8) is 0 Å². The second kappa shape index (κ2) is 8.65. The van der Waals surface area contributed by atoms with Crippen molar-refractivity contribution in [2.24, 2.45) is 16.6 Å². The molecule has 2 aromatic carbocycles. The topological polar surface area (TPSA) is 104 Å². The highest BCUT2D eigenvalue weighted by molar-refractivity contribution is 5.79. The number of hydrogen-bond acceptors (Lipinski definition) is 7. The number of guanidine groups is 1. The molecule has 0 aliphatic carbocycles. The quantitative estimate of drug-likeness (QED) is 0.699. The zero-order valence-corrected chi connectivity index (χ0v) is 18.6. The van der Waals surface area contributed by atoms with E-state index < -0.39 is 5.72 Å². The summed E-state index contributed by atoms with van der Waals surface area (Å²) in [6, 6.07) is 15.5. The second-order valence-electron chi connectivity index (χ2n) is 8.53. The van der Waals surface area contributed by atoms with Crippen LogP contribution in [0.3, 0.4) is 0 Å². The average molecular weight is 433 g/mol. The van der Waals surface area contributed by atoms with E-state index in [-0.39, 0.29) is 18.6 Å². The third-order valence-electron chi connectivity index (χ3n) is 5.87. The third kappa shape index (κ3) is 4.07. The Hall–Kier alpha value is -3.34. The Morgan fingerprint density at radius 2 is 2.12 bits per heavy atom. The predicted molar refractivity (Wildman–Crippen MR) is 122 cm³/mol. The van der Waals surface area contributed by atoms with Crippen molar-refractivity contribution < 1.29 is 14.7 Å². The van der Waals surface area contributed by atoms with Crippen molar-refractivity contribution in [2.45, 2.75) is 38.5 Å². The van der Waals surface area contributed by atoms with Crippen LogP contribution in [0.4, 0.5) is 0 Å². The fraction of sp³-hybridized carbons (Fsp3) is 0.360. The number of fused-ring (bicyclic) bond motifs is 2. The minimum absolute atomic E-state index is 0.00735. The molecule has 166 valence electrons. The Balaban J connectivity index is 1.80. The van der Waals surface area contributed by atoms with Gasteiger partial charge in [0.25, 0.3) is 0 Å². The first-order chi connectivity index (χ1) is 15.3. The molecule has 2 aliphatic heterocycles. The number of allylic oxidation sites excluding steroid dienone is 1. The molecule has 0 bridgehead atoms. The highest BCUT2D eigenvalue weighted by Gasteiger charge is 2.49. The normalized spacial score (nSPS) is 22.5. The number of aliphatic hydroxyl groups excluding tert-OH is 1. The van der Waals surface area contributed by atoms with Crippen LogP contribution in [-0.2, 0) is 10.6 Å². The number of ether oxygens (including phenoxy) is 1. The summed E-state index contributed by atoms with van der Waals surface area (Å²) in [5.74, 6) is 0.987. The van der Waals surface area contributed by atoms with Crippen LogP contribution in [0, 0.1) is 17.2 Å². The van der Waals surface area contributed by atoms with Gasteiger partial charge in [-0.05, 0) is 55.7 Å². The van der Waals surface area contributed by atoms with Gasteiger partial charge in [0.2, 0.25) is 11.7 Å². The Morgan fingerprint density at radius 1 is 1.34 bits per heavy atom. The van der Waals surface area contributed by atoms with Crippen LogP contribution >= 0.6 is 0 Å². The van der Waals surface area contributed by atoms with Crippen molar-refractivity contribution in [3.8, 4) is 22.9 Å². The van der Waals surface area contributed by atoms with Gasteiger partial charge in [0, 0.05) is 26.0 Å². The minimum Gasteiger partial charge on any atom is -0.489 e. The Kier molecular flexibility index (Phi) is 5.92. The molecule has 0 saturated heterocycles.